The largest absolute Gasteiger partial charge is 0.265 e. The first-order valence-corrected chi connectivity index (χ1v) is 11.1. The smallest absolute Gasteiger partial charge is 0.263 e. The van der Waals surface area contributed by atoms with Crippen LogP contribution in [0.4, 0.5) is 10.2 Å². The Labute approximate surface area is 172 Å². The summed E-state index contributed by atoms with van der Waals surface area (Å²) in [4.78, 5) is 0.181. The predicted octanol–water partition coefficient (Wildman–Crippen LogP) is 4.83. The van der Waals surface area contributed by atoms with Gasteiger partial charge in [-0.3, -0.25) is 9.40 Å². The Morgan fingerprint density at radius 1 is 1.07 bits per heavy atom. The van der Waals surface area contributed by atoms with E-state index in [9.17, 15) is 12.8 Å². The standard InChI is InChI=1S/C20H21BrFN3O2S/c1-14(2)11-15-5-9-18(10-6-15)28(26,27)24-20-19(21)13-25(23-20)12-16-3-7-17(22)8-4-16/h3-10,13-14H,11-12H2,1-2H3,(H,23,24). The normalized spacial score (nSPS) is 11.8. The van der Waals surface area contributed by atoms with Crippen molar-refractivity contribution in [3.05, 3.63) is 76.1 Å². The van der Waals surface area contributed by atoms with Crippen molar-refractivity contribution < 1.29 is 12.8 Å². The molecule has 0 atom stereocenters. The van der Waals surface area contributed by atoms with E-state index in [0.717, 1.165) is 17.5 Å². The molecule has 148 valence electrons. The molecule has 28 heavy (non-hydrogen) atoms. The average Bonchev–Trinajstić information content (AvgIpc) is 2.95. The highest BCUT2D eigenvalue weighted by Crippen LogP contribution is 2.24. The van der Waals surface area contributed by atoms with E-state index in [1.54, 1.807) is 35.1 Å². The van der Waals surface area contributed by atoms with Gasteiger partial charge in [-0.05, 0) is 63.7 Å². The van der Waals surface area contributed by atoms with Crippen LogP contribution in [-0.4, -0.2) is 18.2 Å². The van der Waals surface area contributed by atoms with Gasteiger partial charge < -0.3 is 0 Å². The van der Waals surface area contributed by atoms with Crippen molar-refractivity contribution in [1.29, 1.82) is 0 Å². The molecule has 3 rings (SSSR count). The van der Waals surface area contributed by atoms with Crippen molar-refractivity contribution in [1.82, 2.24) is 9.78 Å². The van der Waals surface area contributed by atoms with Gasteiger partial charge in [0.2, 0.25) is 0 Å². The van der Waals surface area contributed by atoms with E-state index in [1.165, 1.54) is 12.1 Å². The van der Waals surface area contributed by atoms with Crippen LogP contribution in [-0.2, 0) is 23.0 Å². The fraction of sp³-hybridized carbons (Fsp3) is 0.250. The average molecular weight is 466 g/mol. The van der Waals surface area contributed by atoms with Gasteiger partial charge in [0, 0.05) is 6.20 Å². The highest BCUT2D eigenvalue weighted by atomic mass is 79.9. The maximum Gasteiger partial charge on any atom is 0.263 e. The zero-order valence-corrected chi connectivity index (χ0v) is 18.0. The van der Waals surface area contributed by atoms with Crippen molar-refractivity contribution in [2.45, 2.75) is 31.7 Å². The van der Waals surface area contributed by atoms with Gasteiger partial charge in [0.05, 0.1) is 15.9 Å². The predicted molar refractivity (Wildman–Crippen MR) is 111 cm³/mol. The van der Waals surface area contributed by atoms with Gasteiger partial charge in [0.15, 0.2) is 5.82 Å². The van der Waals surface area contributed by atoms with E-state index < -0.39 is 10.0 Å². The molecule has 0 aliphatic carbocycles. The van der Waals surface area contributed by atoms with Gasteiger partial charge >= 0.3 is 0 Å². The summed E-state index contributed by atoms with van der Waals surface area (Å²) in [6.45, 7) is 4.63. The summed E-state index contributed by atoms with van der Waals surface area (Å²) in [6.07, 6.45) is 2.57. The molecule has 1 heterocycles. The fourth-order valence-corrected chi connectivity index (χ4v) is 4.35. The van der Waals surface area contributed by atoms with E-state index in [0.29, 0.717) is 16.9 Å². The lowest BCUT2D eigenvalue weighted by molar-refractivity contribution is 0.600. The van der Waals surface area contributed by atoms with E-state index in [-0.39, 0.29) is 16.5 Å². The minimum absolute atomic E-state index is 0.181. The van der Waals surface area contributed by atoms with Crippen LogP contribution in [0.5, 0.6) is 0 Å². The van der Waals surface area contributed by atoms with Crippen LogP contribution < -0.4 is 4.72 Å². The number of aromatic nitrogens is 2. The molecule has 8 heteroatoms. The molecule has 0 unspecified atom stereocenters. The third kappa shape index (κ3) is 5.20. The quantitative estimate of drug-likeness (QED) is 0.543. The van der Waals surface area contributed by atoms with Gasteiger partial charge in [-0.1, -0.05) is 38.1 Å². The van der Waals surface area contributed by atoms with Crippen molar-refractivity contribution in [3.8, 4) is 0 Å². The zero-order valence-electron chi connectivity index (χ0n) is 15.6. The van der Waals surface area contributed by atoms with Crippen molar-refractivity contribution in [2.24, 2.45) is 5.92 Å². The van der Waals surface area contributed by atoms with Crippen molar-refractivity contribution in [3.63, 3.8) is 0 Å². The number of benzene rings is 2. The highest BCUT2D eigenvalue weighted by molar-refractivity contribution is 9.10. The minimum atomic E-state index is -3.75. The molecule has 0 saturated heterocycles. The van der Waals surface area contributed by atoms with Gasteiger partial charge in [-0.2, -0.15) is 5.10 Å². The molecule has 1 aromatic heterocycles. The first kappa shape index (κ1) is 20.5. The van der Waals surface area contributed by atoms with Crippen LogP contribution in [0.15, 0.2) is 64.1 Å². The third-order valence-electron chi connectivity index (χ3n) is 4.08. The second kappa shape index (κ2) is 8.45. The molecule has 0 amide bonds. The topological polar surface area (TPSA) is 64.0 Å². The first-order valence-electron chi connectivity index (χ1n) is 8.82. The Morgan fingerprint density at radius 2 is 1.68 bits per heavy atom. The van der Waals surface area contributed by atoms with Gasteiger partial charge in [-0.15, -0.1) is 0 Å². The van der Waals surface area contributed by atoms with Gasteiger partial charge in [0.1, 0.15) is 5.82 Å². The Kier molecular flexibility index (Phi) is 6.20. The third-order valence-corrected chi connectivity index (χ3v) is 6.02. The summed E-state index contributed by atoms with van der Waals surface area (Å²) in [7, 11) is -3.75. The van der Waals surface area contributed by atoms with Crippen molar-refractivity contribution >= 4 is 31.8 Å². The maximum atomic E-state index is 13.0. The van der Waals surface area contributed by atoms with E-state index >= 15 is 0 Å². The van der Waals surface area contributed by atoms with Crippen molar-refractivity contribution in [2.75, 3.05) is 4.72 Å². The number of rotatable bonds is 7. The summed E-state index contributed by atoms with van der Waals surface area (Å²) < 4.78 is 43.0. The molecule has 3 aromatic rings. The lowest BCUT2D eigenvalue weighted by Gasteiger charge is -2.08. The molecule has 5 nitrogen and oxygen atoms in total. The number of nitrogens with zero attached hydrogens (tertiary/aromatic N) is 2. The number of hydrogen-bond donors (Lipinski definition) is 1. The molecular formula is C20H21BrFN3O2S. The molecule has 2 aromatic carbocycles. The molecule has 0 fully saturated rings. The molecule has 0 saturated carbocycles. The number of nitrogens with one attached hydrogen (secondary N) is 1. The summed E-state index contributed by atoms with van der Waals surface area (Å²) in [5.41, 5.74) is 1.95. The molecule has 1 N–H and O–H groups in total. The number of halogens is 2. The molecule has 0 radical (unpaired) electrons. The van der Waals surface area contributed by atoms with Crippen LogP contribution in [0, 0.1) is 11.7 Å². The van der Waals surface area contributed by atoms with Crippen LogP contribution in [0.2, 0.25) is 0 Å². The van der Waals surface area contributed by atoms with Crippen LogP contribution >= 0.6 is 15.9 Å². The first-order chi connectivity index (χ1) is 13.2. The number of anilines is 1. The Balaban J connectivity index is 1.75. The zero-order chi connectivity index (χ0) is 20.3. The van der Waals surface area contributed by atoms with E-state index in [4.69, 9.17) is 0 Å². The Bertz CT molecular complexity index is 1050. The van der Waals surface area contributed by atoms with Crippen LogP contribution in [0.25, 0.3) is 0 Å². The summed E-state index contributed by atoms with van der Waals surface area (Å²) in [5, 5.41) is 4.28. The summed E-state index contributed by atoms with van der Waals surface area (Å²) in [6, 6.07) is 12.9. The molecule has 0 spiro atoms. The second-order valence-electron chi connectivity index (χ2n) is 7.00. The molecule has 0 aliphatic heterocycles. The van der Waals surface area contributed by atoms with Gasteiger partial charge in [-0.25, -0.2) is 12.8 Å². The minimum Gasteiger partial charge on any atom is -0.265 e. The SMILES string of the molecule is CC(C)Cc1ccc(S(=O)(=O)Nc2nn(Cc3ccc(F)cc3)cc2Br)cc1. The molecule has 0 bridgehead atoms. The summed E-state index contributed by atoms with van der Waals surface area (Å²) >= 11 is 3.34. The highest BCUT2D eigenvalue weighted by Gasteiger charge is 2.18. The lowest BCUT2D eigenvalue weighted by atomic mass is 10.0. The van der Waals surface area contributed by atoms with E-state index in [1.807, 2.05) is 12.1 Å². The number of sulfonamides is 1. The lowest BCUT2D eigenvalue weighted by Crippen LogP contribution is -2.14. The van der Waals surface area contributed by atoms with Gasteiger partial charge in [0.25, 0.3) is 10.0 Å². The molecule has 0 aliphatic rings. The monoisotopic (exact) mass is 465 g/mol. The fourth-order valence-electron chi connectivity index (χ4n) is 2.79. The van der Waals surface area contributed by atoms with Crippen LogP contribution in [0.3, 0.4) is 0 Å². The van der Waals surface area contributed by atoms with Crippen LogP contribution in [0.1, 0.15) is 25.0 Å². The summed E-state index contributed by atoms with van der Waals surface area (Å²) in [5.74, 6) is 0.397. The Hall–Kier alpha value is -2.19. The second-order valence-corrected chi connectivity index (χ2v) is 9.53. The Morgan fingerprint density at radius 3 is 2.29 bits per heavy atom. The molecular weight excluding hydrogens is 445 g/mol. The number of hydrogen-bond acceptors (Lipinski definition) is 3. The van der Waals surface area contributed by atoms with E-state index in [2.05, 4.69) is 39.6 Å². The maximum absolute atomic E-state index is 13.0.